The van der Waals surface area contributed by atoms with E-state index in [9.17, 15) is 0 Å². The van der Waals surface area contributed by atoms with Gasteiger partial charge in [0, 0.05) is 24.8 Å². The van der Waals surface area contributed by atoms with Gasteiger partial charge >= 0.3 is 5.82 Å². The van der Waals surface area contributed by atoms with Crippen LogP contribution in [0.4, 0.5) is 17.2 Å². The van der Waals surface area contributed by atoms with Gasteiger partial charge in [-0.25, -0.2) is 4.57 Å². The van der Waals surface area contributed by atoms with Gasteiger partial charge in [-0.05, 0) is 47.9 Å². The van der Waals surface area contributed by atoms with E-state index >= 15 is 0 Å². The monoisotopic (exact) mass is 315 g/mol. The van der Waals surface area contributed by atoms with Crippen LogP contribution in [-0.2, 0) is 7.05 Å². The normalized spacial score (nSPS) is 11.1. The number of hydrogen-bond acceptors (Lipinski definition) is 5. The van der Waals surface area contributed by atoms with E-state index in [1.165, 1.54) is 0 Å². The molecule has 0 aliphatic rings. The molecule has 0 atom stereocenters. The molecule has 122 valence electrons. The van der Waals surface area contributed by atoms with E-state index in [0.717, 1.165) is 22.8 Å². The van der Waals surface area contributed by atoms with Crippen molar-refractivity contribution in [3.63, 3.8) is 0 Å². The van der Waals surface area contributed by atoms with Crippen LogP contribution in [0.15, 0.2) is 52.8 Å². The zero-order valence-corrected chi connectivity index (χ0v) is 13.6. The van der Waals surface area contributed by atoms with E-state index in [-0.39, 0.29) is 13.2 Å². The van der Waals surface area contributed by atoms with Crippen molar-refractivity contribution in [2.24, 2.45) is 17.3 Å². The molecule has 0 saturated carbocycles. The highest BCUT2D eigenvalue weighted by Crippen LogP contribution is 2.21. The molecule has 0 spiro atoms. The van der Waals surface area contributed by atoms with Gasteiger partial charge in [0.1, 0.15) is 5.69 Å². The summed E-state index contributed by atoms with van der Waals surface area (Å²) in [7, 11) is 1.93. The van der Waals surface area contributed by atoms with Crippen LogP contribution in [0, 0.1) is 6.92 Å². The maximum atomic E-state index is 9.08. The highest BCUT2D eigenvalue weighted by molar-refractivity contribution is 5.52. The highest BCUT2D eigenvalue weighted by atomic mass is 16.3. The van der Waals surface area contributed by atoms with Crippen LogP contribution in [0.3, 0.4) is 0 Å². The van der Waals surface area contributed by atoms with Crippen LogP contribution in [0.25, 0.3) is 0 Å². The fourth-order valence-electron chi connectivity index (χ4n) is 2.21. The molecular weight excluding hydrogens is 292 g/mol. The molecule has 0 bridgehead atoms. The van der Waals surface area contributed by atoms with E-state index in [0.29, 0.717) is 13.1 Å². The van der Waals surface area contributed by atoms with Crippen molar-refractivity contribution >= 4 is 17.2 Å². The Labute approximate surface area is 136 Å². The molecule has 0 unspecified atom stereocenters. The van der Waals surface area contributed by atoms with Gasteiger partial charge < -0.3 is 15.1 Å². The molecule has 6 heteroatoms. The summed E-state index contributed by atoms with van der Waals surface area (Å²) < 4.78 is 1.91. The molecule has 0 radical (unpaired) electrons. The smallest absolute Gasteiger partial charge is 0.350 e. The summed E-state index contributed by atoms with van der Waals surface area (Å²) in [6.45, 7) is 3.09. The highest BCUT2D eigenvalue weighted by Gasteiger charge is 2.08. The first-order valence-electron chi connectivity index (χ1n) is 7.59. The summed E-state index contributed by atoms with van der Waals surface area (Å²) in [4.78, 5) is 1.92. The van der Waals surface area contributed by atoms with Crippen molar-refractivity contribution in [2.45, 2.75) is 6.92 Å². The Balaban J connectivity index is 2.12. The van der Waals surface area contributed by atoms with E-state index in [2.05, 4.69) is 10.2 Å². The van der Waals surface area contributed by atoms with E-state index in [1.807, 2.05) is 66.0 Å². The first-order chi connectivity index (χ1) is 11.1. The molecule has 0 amide bonds. The number of benzene rings is 1. The Kier molecular flexibility index (Phi) is 6.19. The first kappa shape index (κ1) is 17.1. The van der Waals surface area contributed by atoms with Crippen molar-refractivity contribution < 1.29 is 14.8 Å². The predicted molar refractivity (Wildman–Crippen MR) is 89.4 cm³/mol. The third-order valence-electron chi connectivity index (χ3n) is 3.50. The molecule has 0 saturated heterocycles. The number of aliphatic hydroxyl groups is 2. The van der Waals surface area contributed by atoms with Gasteiger partial charge in [0.25, 0.3) is 0 Å². The summed E-state index contributed by atoms with van der Waals surface area (Å²) in [5.41, 5.74) is 2.83. The second kappa shape index (κ2) is 8.36. The minimum absolute atomic E-state index is 0.0469. The molecular formula is C17H23N4O2+. The predicted octanol–water partition coefficient (Wildman–Crippen LogP) is 2.03. The van der Waals surface area contributed by atoms with Crippen LogP contribution < -0.4 is 9.47 Å². The Morgan fingerprint density at radius 1 is 1.00 bits per heavy atom. The number of pyridine rings is 1. The summed E-state index contributed by atoms with van der Waals surface area (Å²) in [5.74, 6) is 0.788. The van der Waals surface area contributed by atoms with Gasteiger partial charge in [-0.15, -0.1) is 0 Å². The fourth-order valence-corrected chi connectivity index (χ4v) is 2.21. The lowest BCUT2D eigenvalue weighted by Gasteiger charge is -2.22. The van der Waals surface area contributed by atoms with Crippen molar-refractivity contribution in [3.05, 3.63) is 48.2 Å². The lowest BCUT2D eigenvalue weighted by Crippen LogP contribution is -2.29. The van der Waals surface area contributed by atoms with Crippen molar-refractivity contribution in [1.29, 1.82) is 0 Å². The van der Waals surface area contributed by atoms with E-state index < -0.39 is 0 Å². The molecule has 0 aliphatic carbocycles. The molecule has 0 fully saturated rings. The maximum Gasteiger partial charge on any atom is 0.350 e. The minimum Gasteiger partial charge on any atom is -0.395 e. The van der Waals surface area contributed by atoms with Crippen LogP contribution in [0.5, 0.6) is 0 Å². The number of aliphatic hydroxyl groups excluding tert-OH is 2. The number of nitrogens with zero attached hydrogens (tertiary/aromatic N) is 4. The van der Waals surface area contributed by atoms with Gasteiger partial charge in [-0.2, -0.15) is 0 Å². The van der Waals surface area contributed by atoms with Crippen molar-refractivity contribution in [3.8, 4) is 0 Å². The number of hydrogen-bond donors (Lipinski definition) is 2. The van der Waals surface area contributed by atoms with Crippen LogP contribution in [0.1, 0.15) is 5.56 Å². The Hall–Kier alpha value is -2.31. The second-order valence-corrected chi connectivity index (χ2v) is 5.32. The summed E-state index contributed by atoms with van der Waals surface area (Å²) >= 11 is 0. The Morgan fingerprint density at radius 2 is 1.65 bits per heavy atom. The Morgan fingerprint density at radius 3 is 2.26 bits per heavy atom. The lowest BCUT2D eigenvalue weighted by atomic mass is 10.2. The molecule has 1 heterocycles. The van der Waals surface area contributed by atoms with E-state index in [1.54, 1.807) is 0 Å². The number of rotatable bonds is 7. The molecule has 1 aromatic heterocycles. The number of aryl methyl sites for hydroxylation is 2. The van der Waals surface area contributed by atoms with Crippen LogP contribution in [-0.4, -0.2) is 36.5 Å². The average Bonchev–Trinajstić information content (AvgIpc) is 2.56. The molecule has 23 heavy (non-hydrogen) atoms. The molecule has 2 N–H and O–H groups in total. The SMILES string of the molecule is Cc1cc[n+](C)c(/N=N/c2ccc(N(CCO)CCO)cc2)c1. The summed E-state index contributed by atoms with van der Waals surface area (Å²) in [5, 5.41) is 26.7. The van der Waals surface area contributed by atoms with Gasteiger partial charge in [0.15, 0.2) is 0 Å². The van der Waals surface area contributed by atoms with Crippen LogP contribution >= 0.6 is 0 Å². The van der Waals surface area contributed by atoms with Gasteiger partial charge in [0.2, 0.25) is 0 Å². The largest absolute Gasteiger partial charge is 0.395 e. The maximum absolute atomic E-state index is 9.08. The molecule has 0 aliphatic heterocycles. The molecule has 1 aromatic carbocycles. The topological polar surface area (TPSA) is 72.3 Å². The van der Waals surface area contributed by atoms with Crippen molar-refractivity contribution in [2.75, 3.05) is 31.2 Å². The summed E-state index contributed by atoms with van der Waals surface area (Å²) in [6.07, 6.45) is 1.95. The Bertz CT molecular complexity index is 650. The van der Waals surface area contributed by atoms with Gasteiger partial charge in [-0.1, -0.05) is 0 Å². The average molecular weight is 315 g/mol. The second-order valence-electron chi connectivity index (χ2n) is 5.32. The van der Waals surface area contributed by atoms with Crippen molar-refractivity contribution in [1.82, 2.24) is 0 Å². The first-order valence-corrected chi connectivity index (χ1v) is 7.59. The number of anilines is 1. The number of azo groups is 1. The third-order valence-corrected chi connectivity index (χ3v) is 3.50. The standard InChI is InChI=1S/C17H23N4O2/c1-14-7-8-20(2)17(13-14)19-18-15-3-5-16(6-4-15)21(9-11-22)10-12-23/h3-8,13,22-23H,9-12H2,1-2H3/q+1. The fraction of sp³-hybridized carbons (Fsp3) is 0.353. The number of aromatic nitrogens is 1. The zero-order valence-electron chi connectivity index (χ0n) is 13.6. The zero-order chi connectivity index (χ0) is 16.7. The minimum atomic E-state index is 0.0469. The van der Waals surface area contributed by atoms with E-state index in [4.69, 9.17) is 10.2 Å². The molecule has 6 nitrogen and oxygen atoms in total. The quantitative estimate of drug-likeness (QED) is 0.606. The molecule has 2 aromatic rings. The third kappa shape index (κ3) is 4.84. The lowest BCUT2D eigenvalue weighted by molar-refractivity contribution is -0.658. The van der Waals surface area contributed by atoms with Gasteiger partial charge in [0.05, 0.1) is 31.6 Å². The molecule has 2 rings (SSSR count). The van der Waals surface area contributed by atoms with Gasteiger partial charge in [-0.3, -0.25) is 0 Å². The van der Waals surface area contributed by atoms with Crippen LogP contribution in [0.2, 0.25) is 0 Å². The summed E-state index contributed by atoms with van der Waals surface area (Å²) in [6, 6.07) is 11.6.